The molecule has 2 N–H and O–H groups in total. The normalized spacial score (nSPS) is 12.8. The number of carboxylic acids is 1. The zero-order valence-electron chi connectivity index (χ0n) is 13.3. The quantitative estimate of drug-likeness (QED) is 0.870. The van der Waals surface area contributed by atoms with Crippen molar-refractivity contribution in [1.29, 1.82) is 0 Å². The number of nitrogens with zero attached hydrogens (tertiary/aromatic N) is 1. The summed E-state index contributed by atoms with van der Waals surface area (Å²) in [5, 5.41) is 11.8. The molecule has 1 aromatic heterocycles. The van der Waals surface area contributed by atoms with Crippen LogP contribution in [0.3, 0.4) is 0 Å². The molecular formula is C15H24N2O4. The standard InChI is InChI=1S/C15H24N2O4/c1-6-10(2)8-17-9-11(7-12(17)13(18)19)16-14(20)21-15(3,4)5/h7,9-10H,6,8H2,1-5H3,(H,16,20)(H,18,19). The summed E-state index contributed by atoms with van der Waals surface area (Å²) in [4.78, 5) is 23.0. The predicted molar refractivity (Wildman–Crippen MR) is 80.7 cm³/mol. The molecule has 0 radical (unpaired) electrons. The molecule has 6 heteroatoms. The van der Waals surface area contributed by atoms with Crippen LogP contribution < -0.4 is 5.32 Å². The average Bonchev–Trinajstić information content (AvgIpc) is 2.69. The van der Waals surface area contributed by atoms with Gasteiger partial charge < -0.3 is 14.4 Å². The second-order valence-electron chi connectivity index (χ2n) is 6.21. The van der Waals surface area contributed by atoms with E-state index < -0.39 is 17.7 Å². The van der Waals surface area contributed by atoms with Crippen LogP contribution in [-0.4, -0.2) is 27.3 Å². The monoisotopic (exact) mass is 296 g/mol. The van der Waals surface area contributed by atoms with Crippen molar-refractivity contribution in [1.82, 2.24) is 4.57 Å². The van der Waals surface area contributed by atoms with Crippen LogP contribution in [0.15, 0.2) is 12.3 Å². The molecule has 1 atom stereocenters. The fourth-order valence-corrected chi connectivity index (χ4v) is 1.80. The molecule has 0 aliphatic rings. The number of aromatic carboxylic acids is 1. The van der Waals surface area contributed by atoms with E-state index in [4.69, 9.17) is 4.74 Å². The highest BCUT2D eigenvalue weighted by molar-refractivity contribution is 5.90. The van der Waals surface area contributed by atoms with Gasteiger partial charge in [-0.25, -0.2) is 9.59 Å². The van der Waals surface area contributed by atoms with E-state index in [-0.39, 0.29) is 5.69 Å². The number of ether oxygens (including phenoxy) is 1. The molecule has 1 rings (SSSR count). The van der Waals surface area contributed by atoms with Gasteiger partial charge in [-0.1, -0.05) is 20.3 Å². The van der Waals surface area contributed by atoms with Crippen LogP contribution in [-0.2, 0) is 11.3 Å². The Morgan fingerprint density at radius 2 is 2.05 bits per heavy atom. The molecule has 1 unspecified atom stereocenters. The highest BCUT2D eigenvalue weighted by atomic mass is 16.6. The summed E-state index contributed by atoms with van der Waals surface area (Å²) in [6, 6.07) is 1.44. The van der Waals surface area contributed by atoms with Crippen LogP contribution in [0.5, 0.6) is 0 Å². The fraction of sp³-hybridized carbons (Fsp3) is 0.600. The van der Waals surface area contributed by atoms with Crippen molar-refractivity contribution < 1.29 is 19.4 Å². The number of hydrogen-bond acceptors (Lipinski definition) is 3. The van der Waals surface area contributed by atoms with Crippen LogP contribution >= 0.6 is 0 Å². The smallest absolute Gasteiger partial charge is 0.412 e. The molecule has 1 heterocycles. The molecule has 21 heavy (non-hydrogen) atoms. The molecule has 0 spiro atoms. The Hall–Kier alpha value is -1.98. The molecule has 0 saturated heterocycles. The minimum atomic E-state index is -1.02. The van der Waals surface area contributed by atoms with Crippen LogP contribution in [0.25, 0.3) is 0 Å². The molecule has 0 saturated carbocycles. The van der Waals surface area contributed by atoms with Gasteiger partial charge in [-0.15, -0.1) is 0 Å². The number of anilines is 1. The summed E-state index contributed by atoms with van der Waals surface area (Å²) >= 11 is 0. The third kappa shape index (κ3) is 5.49. The van der Waals surface area contributed by atoms with Crippen molar-refractivity contribution in [3.63, 3.8) is 0 Å². The zero-order chi connectivity index (χ0) is 16.2. The first kappa shape index (κ1) is 17.1. The van der Waals surface area contributed by atoms with Crippen molar-refractivity contribution in [2.45, 2.75) is 53.2 Å². The largest absolute Gasteiger partial charge is 0.477 e. The Morgan fingerprint density at radius 3 is 2.52 bits per heavy atom. The first-order valence-electron chi connectivity index (χ1n) is 7.06. The molecule has 0 aromatic carbocycles. The van der Waals surface area contributed by atoms with Gasteiger partial charge in [-0.2, -0.15) is 0 Å². The van der Waals surface area contributed by atoms with Gasteiger partial charge in [0.2, 0.25) is 0 Å². The number of amides is 1. The number of carbonyl (C=O) groups excluding carboxylic acids is 1. The predicted octanol–water partition coefficient (Wildman–Crippen LogP) is 3.58. The van der Waals surface area contributed by atoms with Gasteiger partial charge >= 0.3 is 12.1 Å². The van der Waals surface area contributed by atoms with Crippen molar-refractivity contribution >= 4 is 17.7 Å². The lowest BCUT2D eigenvalue weighted by Gasteiger charge is -2.19. The van der Waals surface area contributed by atoms with Gasteiger partial charge in [0, 0.05) is 12.7 Å². The Bertz CT molecular complexity index is 514. The summed E-state index contributed by atoms with van der Waals surface area (Å²) < 4.78 is 6.79. The van der Waals surface area contributed by atoms with Crippen LogP contribution in [0.4, 0.5) is 10.5 Å². The number of aromatic nitrogens is 1. The fourth-order valence-electron chi connectivity index (χ4n) is 1.80. The van der Waals surface area contributed by atoms with Gasteiger partial charge in [0.15, 0.2) is 0 Å². The molecular weight excluding hydrogens is 272 g/mol. The van der Waals surface area contributed by atoms with Crippen molar-refractivity contribution in [3.8, 4) is 0 Å². The Morgan fingerprint density at radius 1 is 1.43 bits per heavy atom. The summed E-state index contributed by atoms with van der Waals surface area (Å²) in [6.45, 7) is 9.99. The van der Waals surface area contributed by atoms with E-state index in [2.05, 4.69) is 12.2 Å². The molecule has 118 valence electrons. The first-order chi connectivity index (χ1) is 9.62. The zero-order valence-corrected chi connectivity index (χ0v) is 13.3. The molecule has 6 nitrogen and oxygen atoms in total. The van der Waals surface area contributed by atoms with E-state index in [1.54, 1.807) is 31.5 Å². The van der Waals surface area contributed by atoms with E-state index in [0.717, 1.165) is 6.42 Å². The van der Waals surface area contributed by atoms with Crippen LogP contribution in [0.1, 0.15) is 51.5 Å². The third-order valence-corrected chi connectivity index (χ3v) is 2.97. The summed E-state index contributed by atoms with van der Waals surface area (Å²) in [5.74, 6) is -0.666. The van der Waals surface area contributed by atoms with Crippen LogP contribution in [0, 0.1) is 5.92 Å². The molecule has 0 aliphatic carbocycles. The van der Waals surface area contributed by atoms with E-state index >= 15 is 0 Å². The lowest BCUT2D eigenvalue weighted by Crippen LogP contribution is -2.27. The van der Waals surface area contributed by atoms with Gasteiger partial charge in [0.05, 0.1) is 5.69 Å². The van der Waals surface area contributed by atoms with E-state index in [0.29, 0.717) is 18.2 Å². The Balaban J connectivity index is 2.87. The molecule has 1 amide bonds. The second-order valence-corrected chi connectivity index (χ2v) is 6.21. The maximum atomic E-state index is 11.7. The summed E-state index contributed by atoms with van der Waals surface area (Å²) in [7, 11) is 0. The average molecular weight is 296 g/mol. The minimum Gasteiger partial charge on any atom is -0.477 e. The highest BCUT2D eigenvalue weighted by Crippen LogP contribution is 2.18. The van der Waals surface area contributed by atoms with Gasteiger partial charge in [-0.3, -0.25) is 5.32 Å². The topological polar surface area (TPSA) is 80.6 Å². The molecule has 0 bridgehead atoms. The molecule has 0 aliphatic heterocycles. The van der Waals surface area contributed by atoms with E-state index in [1.165, 1.54) is 6.07 Å². The second kappa shape index (κ2) is 6.65. The van der Waals surface area contributed by atoms with Crippen LogP contribution in [0.2, 0.25) is 0 Å². The number of carbonyl (C=O) groups is 2. The van der Waals surface area contributed by atoms with Gasteiger partial charge in [-0.05, 0) is 32.8 Å². The summed E-state index contributed by atoms with van der Waals surface area (Å²) in [6.07, 6.45) is 1.98. The minimum absolute atomic E-state index is 0.154. The van der Waals surface area contributed by atoms with Crippen molar-refractivity contribution in [2.24, 2.45) is 5.92 Å². The Labute approximate surface area is 125 Å². The molecule has 0 fully saturated rings. The number of hydrogen-bond donors (Lipinski definition) is 2. The highest BCUT2D eigenvalue weighted by Gasteiger charge is 2.19. The maximum absolute atomic E-state index is 11.7. The van der Waals surface area contributed by atoms with Gasteiger partial charge in [0.1, 0.15) is 11.3 Å². The Kier molecular flexibility index (Phi) is 5.41. The van der Waals surface area contributed by atoms with E-state index in [1.807, 2.05) is 6.92 Å². The van der Waals surface area contributed by atoms with Gasteiger partial charge in [0.25, 0.3) is 0 Å². The SMILES string of the molecule is CCC(C)Cn1cc(NC(=O)OC(C)(C)C)cc1C(=O)O. The lowest BCUT2D eigenvalue weighted by atomic mass is 10.1. The number of rotatable bonds is 5. The first-order valence-corrected chi connectivity index (χ1v) is 7.06. The summed E-state index contributed by atoms with van der Waals surface area (Å²) in [5.41, 5.74) is -0.0229. The van der Waals surface area contributed by atoms with E-state index in [9.17, 15) is 14.7 Å². The van der Waals surface area contributed by atoms with Crippen molar-refractivity contribution in [3.05, 3.63) is 18.0 Å². The lowest BCUT2D eigenvalue weighted by molar-refractivity contribution is 0.0633. The molecule has 1 aromatic rings. The number of carboxylic acid groups (broad SMARTS) is 1. The number of nitrogens with one attached hydrogen (secondary N) is 1. The van der Waals surface area contributed by atoms with Crippen molar-refractivity contribution in [2.75, 3.05) is 5.32 Å². The third-order valence-electron chi connectivity index (χ3n) is 2.97. The maximum Gasteiger partial charge on any atom is 0.412 e.